The summed E-state index contributed by atoms with van der Waals surface area (Å²) in [5.74, 6) is -0.369. The van der Waals surface area contributed by atoms with Crippen LogP contribution in [-0.2, 0) is 9.53 Å². The number of hydrogen-bond acceptors (Lipinski definition) is 5. The molecule has 0 aromatic rings. The van der Waals surface area contributed by atoms with E-state index < -0.39 is 17.8 Å². The van der Waals surface area contributed by atoms with E-state index >= 15 is 0 Å². The van der Waals surface area contributed by atoms with Crippen LogP contribution >= 0.6 is 0 Å². The molecule has 1 amide bonds. The van der Waals surface area contributed by atoms with Crippen LogP contribution in [-0.4, -0.2) is 58.8 Å². The molecule has 0 aromatic heterocycles. The van der Waals surface area contributed by atoms with Crippen molar-refractivity contribution in [1.29, 1.82) is 0 Å². The molecule has 0 saturated heterocycles. The fourth-order valence-corrected chi connectivity index (χ4v) is 2.70. The minimum atomic E-state index is -1.05. The van der Waals surface area contributed by atoms with Crippen LogP contribution in [0.15, 0.2) is 12.2 Å². The van der Waals surface area contributed by atoms with Gasteiger partial charge in [-0.2, -0.15) is 0 Å². The predicted molar refractivity (Wildman–Crippen MR) is 99.1 cm³/mol. The molecule has 0 heterocycles. The Morgan fingerprint density at radius 2 is 1.80 bits per heavy atom. The molecule has 0 rings (SSSR count). The van der Waals surface area contributed by atoms with Gasteiger partial charge in [0.25, 0.3) is 0 Å². The lowest BCUT2D eigenvalue weighted by atomic mass is 9.85. The Morgan fingerprint density at radius 3 is 2.24 bits per heavy atom. The highest BCUT2D eigenvalue weighted by Crippen LogP contribution is 2.26. The number of aliphatic hydroxyl groups is 3. The van der Waals surface area contributed by atoms with Gasteiger partial charge in [0.15, 0.2) is 0 Å². The van der Waals surface area contributed by atoms with Crippen molar-refractivity contribution < 1.29 is 24.9 Å². The largest absolute Gasteiger partial charge is 0.394 e. The summed E-state index contributed by atoms with van der Waals surface area (Å²) in [6.07, 6.45) is 3.45. The van der Waals surface area contributed by atoms with Gasteiger partial charge in [0, 0.05) is 13.2 Å². The van der Waals surface area contributed by atoms with Gasteiger partial charge < -0.3 is 25.4 Å². The fourth-order valence-electron chi connectivity index (χ4n) is 2.70. The first-order chi connectivity index (χ1) is 11.6. The third-order valence-electron chi connectivity index (χ3n) is 5.10. The van der Waals surface area contributed by atoms with Crippen molar-refractivity contribution in [3.63, 3.8) is 0 Å². The number of amides is 1. The Balaban J connectivity index is 4.96. The maximum Gasteiger partial charge on any atom is 0.244 e. The molecule has 0 spiro atoms. The number of carbonyl (C=O) groups excluding carboxylic acids is 1. The molecule has 0 radical (unpaired) electrons. The standard InChI is InChI=1S/C19H37NO5/c1-7-13(3)16(12-21)20-17(23)9-10-19(5,25-6)18(24)14(4)11-15(22)8-2/h9-10,13-16,18,21-22,24H,7-8,11-12H2,1-6H3,(H,20,23)/b10-9+/t13-,14-,15+,16+,18-,19+/m0/s1. The topological polar surface area (TPSA) is 99.0 Å². The minimum Gasteiger partial charge on any atom is -0.394 e. The molecule has 6 heteroatoms. The summed E-state index contributed by atoms with van der Waals surface area (Å²) in [7, 11) is 1.48. The van der Waals surface area contributed by atoms with Crippen LogP contribution in [0.5, 0.6) is 0 Å². The number of ether oxygens (including phenoxy) is 1. The molecule has 0 bridgehead atoms. The second-order valence-electron chi connectivity index (χ2n) is 7.12. The molecular weight excluding hydrogens is 322 g/mol. The summed E-state index contributed by atoms with van der Waals surface area (Å²) < 4.78 is 5.44. The van der Waals surface area contributed by atoms with E-state index in [4.69, 9.17) is 4.74 Å². The quantitative estimate of drug-likeness (QED) is 0.397. The van der Waals surface area contributed by atoms with E-state index in [1.807, 2.05) is 27.7 Å². The van der Waals surface area contributed by atoms with Gasteiger partial charge in [-0.3, -0.25) is 4.79 Å². The highest BCUT2D eigenvalue weighted by Gasteiger charge is 2.35. The zero-order chi connectivity index (χ0) is 19.6. The van der Waals surface area contributed by atoms with Gasteiger partial charge in [0.2, 0.25) is 5.91 Å². The average molecular weight is 360 g/mol. The Bertz CT molecular complexity index is 415. The van der Waals surface area contributed by atoms with Crippen LogP contribution in [0, 0.1) is 11.8 Å². The number of nitrogens with one attached hydrogen (secondary N) is 1. The first-order valence-electron chi connectivity index (χ1n) is 9.16. The molecule has 0 aliphatic carbocycles. The summed E-state index contributed by atoms with van der Waals surface area (Å²) in [5.41, 5.74) is -1.05. The van der Waals surface area contributed by atoms with E-state index in [0.29, 0.717) is 12.8 Å². The lowest BCUT2D eigenvalue weighted by molar-refractivity contribution is -0.118. The monoisotopic (exact) mass is 359 g/mol. The van der Waals surface area contributed by atoms with Gasteiger partial charge in [-0.25, -0.2) is 0 Å². The highest BCUT2D eigenvalue weighted by atomic mass is 16.5. The Kier molecular flexibility index (Phi) is 11.2. The molecule has 6 nitrogen and oxygen atoms in total. The summed E-state index contributed by atoms with van der Waals surface area (Å²) in [6.45, 7) is 9.28. The zero-order valence-electron chi connectivity index (χ0n) is 16.5. The van der Waals surface area contributed by atoms with Crippen molar-refractivity contribution in [3.05, 3.63) is 12.2 Å². The third kappa shape index (κ3) is 7.86. The molecule has 0 unspecified atom stereocenters. The highest BCUT2D eigenvalue weighted by molar-refractivity contribution is 5.87. The Hall–Kier alpha value is -0.950. The van der Waals surface area contributed by atoms with Crippen LogP contribution in [0.25, 0.3) is 0 Å². The van der Waals surface area contributed by atoms with Gasteiger partial charge in [0.05, 0.1) is 24.9 Å². The second-order valence-corrected chi connectivity index (χ2v) is 7.12. The van der Waals surface area contributed by atoms with Crippen molar-refractivity contribution in [2.75, 3.05) is 13.7 Å². The third-order valence-corrected chi connectivity index (χ3v) is 5.10. The van der Waals surface area contributed by atoms with E-state index in [1.165, 1.54) is 19.3 Å². The van der Waals surface area contributed by atoms with E-state index in [0.717, 1.165) is 6.42 Å². The molecule has 0 saturated carbocycles. The van der Waals surface area contributed by atoms with E-state index in [-0.39, 0.29) is 30.4 Å². The molecule has 0 aromatic carbocycles. The molecule has 6 atom stereocenters. The van der Waals surface area contributed by atoms with Gasteiger partial charge in [-0.1, -0.05) is 34.1 Å². The number of rotatable bonds is 12. The zero-order valence-corrected chi connectivity index (χ0v) is 16.5. The molecule has 148 valence electrons. The summed E-state index contributed by atoms with van der Waals surface area (Å²) in [6, 6.07) is -0.306. The van der Waals surface area contributed by atoms with Gasteiger partial charge in [0.1, 0.15) is 5.60 Å². The lowest BCUT2D eigenvalue weighted by Gasteiger charge is -2.34. The number of carbonyl (C=O) groups is 1. The van der Waals surface area contributed by atoms with Crippen molar-refractivity contribution in [2.24, 2.45) is 11.8 Å². The lowest BCUT2D eigenvalue weighted by Crippen LogP contribution is -2.45. The predicted octanol–water partition coefficient (Wildman–Crippen LogP) is 1.63. The van der Waals surface area contributed by atoms with E-state index in [1.54, 1.807) is 6.92 Å². The number of hydrogen-bond donors (Lipinski definition) is 4. The Morgan fingerprint density at radius 1 is 1.20 bits per heavy atom. The fraction of sp³-hybridized carbons (Fsp3) is 0.842. The average Bonchev–Trinajstić information content (AvgIpc) is 2.62. The molecule has 0 aliphatic rings. The van der Waals surface area contributed by atoms with Crippen molar-refractivity contribution >= 4 is 5.91 Å². The van der Waals surface area contributed by atoms with Crippen LogP contribution in [0.3, 0.4) is 0 Å². The van der Waals surface area contributed by atoms with Crippen molar-refractivity contribution in [1.82, 2.24) is 5.32 Å². The maximum absolute atomic E-state index is 12.1. The van der Waals surface area contributed by atoms with Crippen LogP contribution in [0.4, 0.5) is 0 Å². The number of aliphatic hydroxyl groups excluding tert-OH is 3. The molecule has 25 heavy (non-hydrogen) atoms. The summed E-state index contributed by atoms with van der Waals surface area (Å²) >= 11 is 0. The normalized spacial score (nSPS) is 20.5. The molecule has 0 aliphatic heterocycles. The first kappa shape index (κ1) is 24.1. The van der Waals surface area contributed by atoms with Crippen LogP contribution < -0.4 is 5.32 Å². The second kappa shape index (κ2) is 11.6. The smallest absolute Gasteiger partial charge is 0.244 e. The van der Waals surface area contributed by atoms with Crippen molar-refractivity contribution in [2.45, 2.75) is 77.7 Å². The maximum atomic E-state index is 12.1. The minimum absolute atomic E-state index is 0.120. The van der Waals surface area contributed by atoms with Gasteiger partial charge in [-0.05, 0) is 37.7 Å². The summed E-state index contributed by atoms with van der Waals surface area (Å²) in [5, 5.41) is 32.5. The molecular formula is C19H37NO5. The van der Waals surface area contributed by atoms with E-state index in [9.17, 15) is 20.1 Å². The first-order valence-corrected chi connectivity index (χ1v) is 9.16. The van der Waals surface area contributed by atoms with E-state index in [2.05, 4.69) is 5.32 Å². The van der Waals surface area contributed by atoms with Crippen molar-refractivity contribution in [3.8, 4) is 0 Å². The Labute approximate surface area is 152 Å². The summed E-state index contributed by atoms with van der Waals surface area (Å²) in [4.78, 5) is 12.1. The van der Waals surface area contributed by atoms with Gasteiger partial charge in [-0.15, -0.1) is 0 Å². The molecule has 4 N–H and O–H groups in total. The van der Waals surface area contributed by atoms with Crippen LogP contribution in [0.1, 0.15) is 53.9 Å². The number of methoxy groups -OCH3 is 1. The SMILES string of the molecule is CC[C@@H](O)C[C@H](C)[C@H](O)[C@@](C)(/C=C/C(=O)N[C@H](CO)[C@@H](C)CC)OC. The van der Waals surface area contributed by atoms with Crippen LogP contribution in [0.2, 0.25) is 0 Å². The molecule has 0 fully saturated rings. The van der Waals surface area contributed by atoms with Gasteiger partial charge >= 0.3 is 0 Å².